The fourth-order valence-corrected chi connectivity index (χ4v) is 4.42. The molecule has 0 aliphatic carbocycles. The zero-order valence-corrected chi connectivity index (χ0v) is 17.8. The number of carbonyl (C=O) groups is 3. The highest BCUT2D eigenvalue weighted by molar-refractivity contribution is 8.07. The van der Waals surface area contributed by atoms with E-state index in [0.29, 0.717) is 10.7 Å². The van der Waals surface area contributed by atoms with Gasteiger partial charge in [-0.15, -0.1) is 0 Å². The number of hydrogen-bond acceptors (Lipinski definition) is 10. The number of ether oxygens (including phenoxy) is 2. The lowest BCUT2D eigenvalue weighted by atomic mass is 9.93. The number of nitro groups is 1. The largest absolute Gasteiger partial charge is 0.507 e. The molecule has 162 valence electrons. The molecule has 0 fully saturated rings. The number of esters is 2. The van der Waals surface area contributed by atoms with Crippen molar-refractivity contribution in [1.82, 2.24) is 4.90 Å². The fourth-order valence-electron chi connectivity index (χ4n) is 3.28. The number of allylic oxidation sites excluding steroid dienone is 4. The summed E-state index contributed by atoms with van der Waals surface area (Å²) < 4.78 is 9.66. The van der Waals surface area contributed by atoms with Crippen molar-refractivity contribution in [3.05, 3.63) is 66.7 Å². The molecular weight excluding hydrogens is 428 g/mol. The van der Waals surface area contributed by atoms with Gasteiger partial charge in [0.25, 0.3) is 5.69 Å². The highest BCUT2D eigenvalue weighted by Crippen LogP contribution is 2.48. The number of rotatable bonds is 5. The normalized spacial score (nSPS) is 17.9. The first kappa shape index (κ1) is 22.1. The van der Waals surface area contributed by atoms with Gasteiger partial charge in [0.15, 0.2) is 11.8 Å². The Morgan fingerprint density at radius 3 is 2.45 bits per heavy atom. The van der Waals surface area contributed by atoms with Gasteiger partial charge in [0.2, 0.25) is 0 Å². The molecule has 3 rings (SSSR count). The van der Waals surface area contributed by atoms with E-state index < -0.39 is 34.4 Å². The van der Waals surface area contributed by atoms with Gasteiger partial charge in [-0.25, -0.2) is 9.59 Å². The minimum absolute atomic E-state index is 0.0162. The van der Waals surface area contributed by atoms with Crippen molar-refractivity contribution in [3.63, 3.8) is 0 Å². The number of hydrogen-bond donors (Lipinski definition) is 1. The number of methoxy groups -OCH3 is 2. The van der Waals surface area contributed by atoms with Crippen LogP contribution in [-0.4, -0.2) is 52.9 Å². The SMILES string of the molecule is COC(=O)C1=CC(C(=O)c2cc([N+](=O)[O-])ccc2O)=C2SC(C)=C(C)N2C1C(=O)OC. The van der Waals surface area contributed by atoms with Gasteiger partial charge < -0.3 is 19.5 Å². The molecule has 2 aliphatic rings. The molecule has 0 saturated heterocycles. The van der Waals surface area contributed by atoms with Gasteiger partial charge in [0.05, 0.1) is 40.9 Å². The monoisotopic (exact) mass is 446 g/mol. The zero-order chi connectivity index (χ0) is 23.0. The molecule has 0 radical (unpaired) electrons. The number of aromatic hydroxyl groups is 1. The van der Waals surface area contributed by atoms with Crippen LogP contribution < -0.4 is 0 Å². The van der Waals surface area contributed by atoms with E-state index in [1.54, 1.807) is 13.8 Å². The number of nitro benzene ring substituents is 1. The number of benzene rings is 1. The highest BCUT2D eigenvalue weighted by atomic mass is 32.2. The molecule has 1 aromatic rings. The molecule has 31 heavy (non-hydrogen) atoms. The number of phenols is 1. The van der Waals surface area contributed by atoms with Crippen LogP contribution in [0.5, 0.6) is 5.75 Å². The Morgan fingerprint density at radius 1 is 1.19 bits per heavy atom. The summed E-state index contributed by atoms with van der Waals surface area (Å²) in [4.78, 5) is 51.1. The topological polar surface area (TPSA) is 136 Å². The number of Topliss-reactive ketones (excluding diaryl/α,β-unsaturated/α-hetero) is 1. The standard InChI is InChI=1S/C20H18N2O8S/c1-9-10(2)31-18-14(17(24)12-7-11(22(27)28)5-6-15(12)23)8-13(19(25)29-3)16(21(9)18)20(26)30-4/h5-8,16,23H,1-4H3. The molecule has 1 atom stereocenters. The van der Waals surface area contributed by atoms with Crippen LogP contribution in [-0.2, 0) is 19.1 Å². The second kappa shape index (κ2) is 8.26. The van der Waals surface area contributed by atoms with Crippen molar-refractivity contribution in [3.8, 4) is 5.75 Å². The fraction of sp³-hybridized carbons (Fsp3) is 0.250. The molecular formula is C20H18N2O8S. The van der Waals surface area contributed by atoms with Crippen LogP contribution in [0.3, 0.4) is 0 Å². The predicted octanol–water partition coefficient (Wildman–Crippen LogP) is 2.65. The Balaban J connectivity index is 2.24. The van der Waals surface area contributed by atoms with Crippen molar-refractivity contribution in [2.24, 2.45) is 0 Å². The van der Waals surface area contributed by atoms with Crippen molar-refractivity contribution < 1.29 is 33.9 Å². The average Bonchev–Trinajstić information content (AvgIpc) is 3.05. The van der Waals surface area contributed by atoms with E-state index in [1.165, 1.54) is 29.8 Å². The van der Waals surface area contributed by atoms with Gasteiger partial charge in [0, 0.05) is 22.7 Å². The molecule has 1 unspecified atom stereocenters. The van der Waals surface area contributed by atoms with Crippen molar-refractivity contribution in [1.29, 1.82) is 0 Å². The van der Waals surface area contributed by atoms with E-state index >= 15 is 0 Å². The Bertz CT molecular complexity index is 1120. The van der Waals surface area contributed by atoms with E-state index in [2.05, 4.69) is 0 Å². The number of phenolic OH excluding ortho intramolecular Hbond substituents is 1. The van der Waals surface area contributed by atoms with Crippen LogP contribution in [0, 0.1) is 10.1 Å². The summed E-state index contributed by atoms with van der Waals surface area (Å²) in [7, 11) is 2.31. The maximum Gasteiger partial charge on any atom is 0.336 e. The number of fused-ring (bicyclic) bond motifs is 1. The van der Waals surface area contributed by atoms with Crippen molar-refractivity contribution in [2.75, 3.05) is 14.2 Å². The van der Waals surface area contributed by atoms with Gasteiger partial charge in [-0.3, -0.25) is 14.9 Å². The van der Waals surface area contributed by atoms with E-state index in [-0.39, 0.29) is 22.4 Å². The molecule has 0 aromatic heterocycles. The molecule has 10 nitrogen and oxygen atoms in total. The number of nitrogens with zero attached hydrogens (tertiary/aromatic N) is 2. The Hall–Kier alpha value is -3.60. The molecule has 2 heterocycles. The van der Waals surface area contributed by atoms with Crippen LogP contribution in [0.15, 0.2) is 51.1 Å². The highest BCUT2D eigenvalue weighted by Gasteiger charge is 2.45. The first-order valence-electron chi connectivity index (χ1n) is 8.91. The zero-order valence-electron chi connectivity index (χ0n) is 17.0. The second-order valence-corrected chi connectivity index (χ2v) is 7.84. The third kappa shape index (κ3) is 3.67. The molecule has 0 amide bonds. The second-order valence-electron chi connectivity index (χ2n) is 6.64. The molecule has 11 heteroatoms. The third-order valence-corrected chi connectivity index (χ3v) is 6.16. The summed E-state index contributed by atoms with van der Waals surface area (Å²) in [5, 5.41) is 21.6. The maximum atomic E-state index is 13.3. The van der Waals surface area contributed by atoms with Crippen molar-refractivity contribution >= 4 is 35.2 Å². The smallest absolute Gasteiger partial charge is 0.336 e. The lowest BCUT2D eigenvalue weighted by Crippen LogP contribution is -2.44. The van der Waals surface area contributed by atoms with Crippen LogP contribution in [0.25, 0.3) is 0 Å². The summed E-state index contributed by atoms with van der Waals surface area (Å²) >= 11 is 1.20. The van der Waals surface area contributed by atoms with Gasteiger partial charge >= 0.3 is 11.9 Å². The first-order valence-corrected chi connectivity index (χ1v) is 9.72. The Morgan fingerprint density at radius 2 is 1.87 bits per heavy atom. The lowest BCUT2D eigenvalue weighted by Gasteiger charge is -2.34. The van der Waals surface area contributed by atoms with Gasteiger partial charge in [-0.2, -0.15) is 0 Å². The van der Waals surface area contributed by atoms with Crippen LogP contribution >= 0.6 is 11.8 Å². The number of ketones is 1. The molecule has 0 bridgehead atoms. The lowest BCUT2D eigenvalue weighted by molar-refractivity contribution is -0.384. The van der Waals surface area contributed by atoms with Crippen LogP contribution in [0.4, 0.5) is 5.69 Å². The quantitative estimate of drug-likeness (QED) is 0.311. The van der Waals surface area contributed by atoms with Gasteiger partial charge in [-0.05, 0) is 26.0 Å². The minimum Gasteiger partial charge on any atom is -0.507 e. The average molecular weight is 446 g/mol. The molecule has 1 N–H and O–H groups in total. The van der Waals surface area contributed by atoms with Crippen LogP contribution in [0.1, 0.15) is 24.2 Å². The number of non-ortho nitro benzene ring substituents is 1. The van der Waals surface area contributed by atoms with E-state index in [4.69, 9.17) is 9.47 Å². The maximum absolute atomic E-state index is 13.3. The molecule has 1 aromatic carbocycles. The summed E-state index contributed by atoms with van der Waals surface area (Å²) in [6, 6.07) is 1.91. The van der Waals surface area contributed by atoms with Crippen molar-refractivity contribution in [2.45, 2.75) is 19.9 Å². The molecule has 0 saturated carbocycles. The summed E-state index contributed by atoms with van der Waals surface area (Å²) in [5.41, 5.74) is -0.220. The Kier molecular flexibility index (Phi) is 5.89. The molecule has 2 aliphatic heterocycles. The third-order valence-electron chi connectivity index (χ3n) is 4.95. The summed E-state index contributed by atoms with van der Waals surface area (Å²) in [5.74, 6) is -2.78. The Labute approximate surface area is 181 Å². The number of carbonyl (C=O) groups excluding carboxylic acids is 3. The summed E-state index contributed by atoms with van der Waals surface area (Å²) in [6.45, 7) is 3.50. The van der Waals surface area contributed by atoms with E-state index in [9.17, 15) is 29.6 Å². The van der Waals surface area contributed by atoms with E-state index in [0.717, 1.165) is 30.2 Å². The summed E-state index contributed by atoms with van der Waals surface area (Å²) in [6.07, 6.45) is 1.21. The van der Waals surface area contributed by atoms with E-state index in [1.807, 2.05) is 0 Å². The predicted molar refractivity (Wildman–Crippen MR) is 110 cm³/mol. The van der Waals surface area contributed by atoms with Crippen LogP contribution in [0.2, 0.25) is 0 Å². The first-order chi connectivity index (χ1) is 14.6. The van der Waals surface area contributed by atoms with Gasteiger partial charge in [-0.1, -0.05) is 11.8 Å². The van der Waals surface area contributed by atoms with Gasteiger partial charge in [0.1, 0.15) is 5.75 Å². The minimum atomic E-state index is -1.17. The number of thioether (sulfide) groups is 1. The molecule has 0 spiro atoms.